The number of carbonyl (C=O) groups is 1. The maximum absolute atomic E-state index is 11.7. The summed E-state index contributed by atoms with van der Waals surface area (Å²) in [5.74, 6) is 0.0798. The van der Waals surface area contributed by atoms with Gasteiger partial charge in [0.05, 0.1) is 5.92 Å². The Morgan fingerprint density at radius 3 is 3.00 bits per heavy atom. The second-order valence-corrected chi connectivity index (χ2v) is 3.53. The van der Waals surface area contributed by atoms with E-state index >= 15 is 0 Å². The number of hydrogen-bond acceptors (Lipinski definition) is 2. The van der Waals surface area contributed by atoms with E-state index in [0.29, 0.717) is 0 Å². The Kier molecular flexibility index (Phi) is 1.39. The molecule has 0 fully saturated rings. The first-order valence-electron chi connectivity index (χ1n) is 4.64. The lowest BCUT2D eigenvalue weighted by Crippen LogP contribution is -2.12. The number of anilines is 1. The molecule has 1 atom stereocenters. The smallest absolute Gasteiger partial charge is 0.169 e. The van der Waals surface area contributed by atoms with Gasteiger partial charge in [0.15, 0.2) is 5.78 Å². The maximum Gasteiger partial charge on any atom is 0.169 e. The summed E-state index contributed by atoms with van der Waals surface area (Å²) in [5.41, 5.74) is 3.15. The van der Waals surface area contributed by atoms with E-state index in [-0.39, 0.29) is 11.7 Å². The fraction of sp³-hybridized carbons (Fsp3) is 0.0833. The van der Waals surface area contributed by atoms with E-state index in [0.717, 1.165) is 16.9 Å². The van der Waals surface area contributed by atoms with E-state index in [2.05, 4.69) is 5.32 Å². The molecule has 0 aromatic heterocycles. The minimum atomic E-state index is -0.0869. The lowest BCUT2D eigenvalue weighted by molar-refractivity contribution is -0.115. The van der Waals surface area contributed by atoms with Gasteiger partial charge in [-0.3, -0.25) is 4.79 Å². The highest BCUT2D eigenvalue weighted by atomic mass is 16.1. The van der Waals surface area contributed by atoms with Crippen LogP contribution in [-0.4, -0.2) is 5.78 Å². The molecule has 2 heteroatoms. The van der Waals surface area contributed by atoms with Gasteiger partial charge >= 0.3 is 0 Å². The van der Waals surface area contributed by atoms with Crippen LogP contribution in [0.5, 0.6) is 0 Å². The quantitative estimate of drug-likeness (QED) is 0.668. The topological polar surface area (TPSA) is 29.1 Å². The predicted octanol–water partition coefficient (Wildman–Crippen LogP) is 2.22. The number of nitrogens with one attached hydrogen (secondary N) is 1. The van der Waals surface area contributed by atoms with Crippen molar-refractivity contribution < 1.29 is 4.79 Å². The molecule has 0 radical (unpaired) electrons. The number of benzene rings is 1. The van der Waals surface area contributed by atoms with Crippen molar-refractivity contribution >= 4 is 11.5 Å². The molecule has 1 aliphatic carbocycles. The summed E-state index contributed by atoms with van der Waals surface area (Å²) >= 11 is 0. The molecule has 1 N–H and O–H groups in total. The lowest BCUT2D eigenvalue weighted by atomic mass is 9.91. The van der Waals surface area contributed by atoms with Crippen molar-refractivity contribution in [1.29, 1.82) is 0 Å². The van der Waals surface area contributed by atoms with Crippen LogP contribution in [0.25, 0.3) is 0 Å². The van der Waals surface area contributed by atoms with Crippen molar-refractivity contribution in [2.45, 2.75) is 5.92 Å². The van der Waals surface area contributed by atoms with Gasteiger partial charge < -0.3 is 5.32 Å². The number of ketones is 1. The van der Waals surface area contributed by atoms with Crippen LogP contribution in [0.3, 0.4) is 0 Å². The molecule has 3 rings (SSSR count). The predicted molar refractivity (Wildman–Crippen MR) is 55.0 cm³/mol. The number of carbonyl (C=O) groups excluding carboxylic acids is 1. The van der Waals surface area contributed by atoms with Crippen molar-refractivity contribution in [2.24, 2.45) is 0 Å². The van der Waals surface area contributed by atoms with Crippen LogP contribution in [0.4, 0.5) is 5.69 Å². The Bertz CT molecular complexity index is 471. The Hall–Kier alpha value is -1.83. The molecule has 0 saturated carbocycles. The van der Waals surface area contributed by atoms with Gasteiger partial charge in [-0.05, 0) is 23.8 Å². The molecule has 68 valence electrons. The highest BCUT2D eigenvalue weighted by molar-refractivity contribution is 6.02. The minimum absolute atomic E-state index is 0.0869. The van der Waals surface area contributed by atoms with Gasteiger partial charge in [-0.1, -0.05) is 24.3 Å². The van der Waals surface area contributed by atoms with E-state index in [1.165, 1.54) is 0 Å². The van der Waals surface area contributed by atoms with Crippen molar-refractivity contribution in [1.82, 2.24) is 0 Å². The largest absolute Gasteiger partial charge is 0.358 e. The summed E-state index contributed by atoms with van der Waals surface area (Å²) in [5, 5.41) is 3.26. The van der Waals surface area contributed by atoms with Gasteiger partial charge in [0.2, 0.25) is 0 Å². The van der Waals surface area contributed by atoms with Gasteiger partial charge in [0.25, 0.3) is 0 Å². The molecule has 0 spiro atoms. The van der Waals surface area contributed by atoms with Crippen molar-refractivity contribution in [3.63, 3.8) is 0 Å². The standard InChI is InChI=1S/C12H9NO/c14-11-7-3-6-10-12(11)8-4-1-2-5-9(8)13-10/h1-7,12-13H. The summed E-state index contributed by atoms with van der Waals surface area (Å²) < 4.78 is 0. The van der Waals surface area contributed by atoms with E-state index in [1.54, 1.807) is 12.2 Å². The fourth-order valence-corrected chi connectivity index (χ4v) is 2.05. The summed E-state index contributed by atoms with van der Waals surface area (Å²) in [6, 6.07) is 7.95. The van der Waals surface area contributed by atoms with Gasteiger partial charge in [-0.25, -0.2) is 0 Å². The molecule has 0 amide bonds. The number of allylic oxidation sites excluding steroid dienone is 4. The zero-order chi connectivity index (χ0) is 9.54. The molecule has 1 aliphatic heterocycles. The monoisotopic (exact) mass is 183 g/mol. The van der Waals surface area contributed by atoms with Crippen molar-refractivity contribution in [2.75, 3.05) is 5.32 Å². The summed E-state index contributed by atoms with van der Waals surface area (Å²) in [6.45, 7) is 0. The van der Waals surface area contributed by atoms with E-state index in [9.17, 15) is 4.79 Å². The molecular weight excluding hydrogens is 174 g/mol. The average Bonchev–Trinajstić information content (AvgIpc) is 2.57. The molecule has 2 aliphatic rings. The Morgan fingerprint density at radius 2 is 2.07 bits per heavy atom. The van der Waals surface area contributed by atoms with Crippen LogP contribution in [0.2, 0.25) is 0 Å². The Balaban J connectivity index is 2.19. The molecule has 1 unspecified atom stereocenters. The first kappa shape index (κ1) is 7.56. The van der Waals surface area contributed by atoms with Crippen molar-refractivity contribution in [3.05, 3.63) is 53.8 Å². The second-order valence-electron chi connectivity index (χ2n) is 3.53. The zero-order valence-corrected chi connectivity index (χ0v) is 7.53. The molecule has 0 saturated heterocycles. The number of hydrogen-bond donors (Lipinski definition) is 1. The second kappa shape index (κ2) is 2.58. The first-order chi connectivity index (χ1) is 6.86. The van der Waals surface area contributed by atoms with Crippen LogP contribution in [-0.2, 0) is 4.79 Å². The molecule has 14 heavy (non-hydrogen) atoms. The highest BCUT2D eigenvalue weighted by Gasteiger charge is 2.32. The lowest BCUT2D eigenvalue weighted by Gasteiger charge is -2.11. The molecule has 2 nitrogen and oxygen atoms in total. The van der Waals surface area contributed by atoms with Gasteiger partial charge in [-0.2, -0.15) is 0 Å². The maximum atomic E-state index is 11.7. The SMILES string of the molecule is O=C1C=CC=C2Nc3ccccc3C12. The summed E-state index contributed by atoms with van der Waals surface area (Å²) in [7, 11) is 0. The van der Waals surface area contributed by atoms with Gasteiger partial charge in [0, 0.05) is 11.4 Å². The number of para-hydroxylation sites is 1. The summed E-state index contributed by atoms with van der Waals surface area (Å²) in [4.78, 5) is 11.7. The normalized spacial score (nSPS) is 22.4. The van der Waals surface area contributed by atoms with E-state index < -0.39 is 0 Å². The van der Waals surface area contributed by atoms with E-state index in [4.69, 9.17) is 0 Å². The van der Waals surface area contributed by atoms with Crippen molar-refractivity contribution in [3.8, 4) is 0 Å². The Labute approximate surface area is 81.9 Å². The van der Waals surface area contributed by atoms with Crippen LogP contribution < -0.4 is 5.32 Å². The first-order valence-corrected chi connectivity index (χ1v) is 4.64. The molecular formula is C12H9NO. The van der Waals surface area contributed by atoms with Gasteiger partial charge in [0.1, 0.15) is 0 Å². The van der Waals surface area contributed by atoms with Crippen LogP contribution in [0.1, 0.15) is 11.5 Å². The van der Waals surface area contributed by atoms with Crippen LogP contribution in [0, 0.1) is 0 Å². The third-order valence-electron chi connectivity index (χ3n) is 2.68. The molecule has 0 bridgehead atoms. The highest BCUT2D eigenvalue weighted by Crippen LogP contribution is 2.40. The van der Waals surface area contributed by atoms with Gasteiger partial charge in [-0.15, -0.1) is 0 Å². The Morgan fingerprint density at radius 1 is 1.21 bits per heavy atom. The zero-order valence-electron chi connectivity index (χ0n) is 7.53. The summed E-state index contributed by atoms with van der Waals surface area (Å²) in [6.07, 6.45) is 5.40. The third-order valence-corrected chi connectivity index (χ3v) is 2.68. The molecule has 1 aromatic rings. The number of rotatable bonds is 0. The van der Waals surface area contributed by atoms with Crippen LogP contribution in [0.15, 0.2) is 48.2 Å². The minimum Gasteiger partial charge on any atom is -0.358 e. The molecule has 1 aromatic carbocycles. The third kappa shape index (κ3) is 0.880. The van der Waals surface area contributed by atoms with Crippen LogP contribution >= 0.6 is 0 Å². The number of fused-ring (bicyclic) bond motifs is 3. The van der Waals surface area contributed by atoms with E-state index in [1.807, 2.05) is 30.3 Å². The molecule has 1 heterocycles. The fourth-order valence-electron chi connectivity index (χ4n) is 2.05. The average molecular weight is 183 g/mol.